The van der Waals surface area contributed by atoms with E-state index in [0.717, 1.165) is 24.3 Å². The van der Waals surface area contributed by atoms with Crippen LogP contribution < -0.4 is 10.6 Å². The fraction of sp³-hybridized carbons (Fsp3) is 0.800. The number of thioether (sulfide) groups is 1. The van der Waals surface area contributed by atoms with E-state index in [1.165, 1.54) is 0 Å². The van der Waals surface area contributed by atoms with Gasteiger partial charge in [-0.2, -0.15) is 11.8 Å². The molecule has 0 aromatic heterocycles. The standard InChI is InChI=1S/C10H18N2O3S/c1-7(9(13)14)6-11-10(15)12-8-2-4-16-5-3-8/h7-8H,2-6H2,1H3,(H,13,14)(H2,11,12,15). The third kappa shape index (κ3) is 4.74. The van der Waals surface area contributed by atoms with Gasteiger partial charge in [-0.1, -0.05) is 6.92 Å². The second kappa shape index (κ2) is 6.62. The molecule has 0 aromatic carbocycles. The van der Waals surface area contributed by atoms with Gasteiger partial charge in [-0.25, -0.2) is 4.79 Å². The molecule has 1 unspecified atom stereocenters. The van der Waals surface area contributed by atoms with Crippen LogP contribution in [0, 0.1) is 5.92 Å². The normalized spacial score (nSPS) is 18.8. The largest absolute Gasteiger partial charge is 0.481 e. The summed E-state index contributed by atoms with van der Waals surface area (Å²) in [5, 5.41) is 14.1. The molecule has 1 fully saturated rings. The Bertz CT molecular complexity index is 254. The lowest BCUT2D eigenvalue weighted by atomic mass is 10.1. The number of carboxylic acid groups (broad SMARTS) is 1. The van der Waals surface area contributed by atoms with Crippen LogP contribution in [0.5, 0.6) is 0 Å². The molecule has 1 aliphatic rings. The lowest BCUT2D eigenvalue weighted by Gasteiger charge is -2.22. The highest BCUT2D eigenvalue weighted by atomic mass is 32.2. The van der Waals surface area contributed by atoms with Crippen molar-refractivity contribution < 1.29 is 14.7 Å². The highest BCUT2D eigenvalue weighted by Gasteiger charge is 2.17. The molecule has 1 aliphatic heterocycles. The number of nitrogens with one attached hydrogen (secondary N) is 2. The number of rotatable bonds is 4. The first-order valence-corrected chi connectivity index (χ1v) is 6.60. The van der Waals surface area contributed by atoms with Crippen LogP contribution >= 0.6 is 11.8 Å². The number of carboxylic acids is 1. The molecule has 2 amide bonds. The molecule has 16 heavy (non-hydrogen) atoms. The predicted molar refractivity (Wildman–Crippen MR) is 63.7 cm³/mol. The van der Waals surface area contributed by atoms with Crippen molar-refractivity contribution in [1.29, 1.82) is 0 Å². The van der Waals surface area contributed by atoms with Crippen molar-refractivity contribution in [3.63, 3.8) is 0 Å². The summed E-state index contributed by atoms with van der Waals surface area (Å²) in [5.74, 6) is 0.717. The van der Waals surface area contributed by atoms with Crippen LogP contribution in [-0.2, 0) is 4.79 Å². The molecule has 1 heterocycles. The molecule has 92 valence electrons. The van der Waals surface area contributed by atoms with Crippen LogP contribution in [0.4, 0.5) is 4.79 Å². The average Bonchev–Trinajstić information content (AvgIpc) is 2.27. The van der Waals surface area contributed by atoms with Crippen LogP contribution in [0.3, 0.4) is 0 Å². The summed E-state index contributed by atoms with van der Waals surface area (Å²) in [6.45, 7) is 1.74. The Morgan fingerprint density at radius 1 is 1.44 bits per heavy atom. The number of aliphatic carboxylic acids is 1. The molecule has 1 saturated heterocycles. The van der Waals surface area contributed by atoms with Gasteiger partial charge in [-0.3, -0.25) is 4.79 Å². The van der Waals surface area contributed by atoms with E-state index >= 15 is 0 Å². The number of carbonyl (C=O) groups excluding carboxylic acids is 1. The molecule has 0 bridgehead atoms. The van der Waals surface area contributed by atoms with Crippen molar-refractivity contribution >= 4 is 23.8 Å². The smallest absolute Gasteiger partial charge is 0.315 e. The zero-order chi connectivity index (χ0) is 12.0. The minimum atomic E-state index is -0.894. The maximum absolute atomic E-state index is 11.4. The van der Waals surface area contributed by atoms with Crippen LogP contribution in [0.25, 0.3) is 0 Å². The lowest BCUT2D eigenvalue weighted by Crippen LogP contribution is -2.45. The van der Waals surface area contributed by atoms with Crippen LogP contribution in [-0.4, -0.2) is 41.2 Å². The Morgan fingerprint density at radius 2 is 2.06 bits per heavy atom. The summed E-state index contributed by atoms with van der Waals surface area (Å²) in [4.78, 5) is 21.9. The van der Waals surface area contributed by atoms with Gasteiger partial charge in [0.2, 0.25) is 0 Å². The van der Waals surface area contributed by atoms with E-state index in [-0.39, 0.29) is 18.6 Å². The zero-order valence-corrected chi connectivity index (χ0v) is 10.2. The van der Waals surface area contributed by atoms with Crippen molar-refractivity contribution in [2.45, 2.75) is 25.8 Å². The Balaban J connectivity index is 2.17. The van der Waals surface area contributed by atoms with Gasteiger partial charge in [-0.15, -0.1) is 0 Å². The van der Waals surface area contributed by atoms with Gasteiger partial charge in [0.05, 0.1) is 5.92 Å². The summed E-state index contributed by atoms with van der Waals surface area (Å²) in [6, 6.07) is -0.0219. The van der Waals surface area contributed by atoms with E-state index in [1.54, 1.807) is 6.92 Å². The summed E-state index contributed by atoms with van der Waals surface area (Å²) in [5.41, 5.74) is 0. The molecule has 6 heteroatoms. The molecule has 0 aromatic rings. The van der Waals surface area contributed by atoms with E-state index in [0.29, 0.717) is 0 Å². The molecule has 0 radical (unpaired) electrons. The third-order valence-electron chi connectivity index (χ3n) is 2.55. The van der Waals surface area contributed by atoms with Gasteiger partial charge in [0.1, 0.15) is 0 Å². The van der Waals surface area contributed by atoms with E-state index in [2.05, 4.69) is 10.6 Å². The van der Waals surface area contributed by atoms with E-state index in [9.17, 15) is 9.59 Å². The first-order chi connectivity index (χ1) is 7.59. The predicted octanol–water partition coefficient (Wildman–Crippen LogP) is 0.902. The SMILES string of the molecule is CC(CNC(=O)NC1CCSCC1)C(=O)O. The molecule has 0 saturated carbocycles. The summed E-state index contributed by atoms with van der Waals surface area (Å²) in [6.07, 6.45) is 1.99. The Hall–Kier alpha value is -0.910. The maximum atomic E-state index is 11.4. The Kier molecular flexibility index (Phi) is 5.45. The monoisotopic (exact) mass is 246 g/mol. The molecule has 1 atom stereocenters. The molecular formula is C10H18N2O3S. The minimum Gasteiger partial charge on any atom is -0.481 e. The zero-order valence-electron chi connectivity index (χ0n) is 9.36. The first-order valence-electron chi connectivity index (χ1n) is 5.44. The van der Waals surface area contributed by atoms with Crippen molar-refractivity contribution in [3.05, 3.63) is 0 Å². The van der Waals surface area contributed by atoms with Crippen molar-refractivity contribution in [3.8, 4) is 0 Å². The second-order valence-corrected chi connectivity index (χ2v) is 5.21. The highest BCUT2D eigenvalue weighted by Crippen LogP contribution is 2.16. The van der Waals surface area contributed by atoms with Gasteiger partial charge in [0, 0.05) is 12.6 Å². The topological polar surface area (TPSA) is 78.4 Å². The summed E-state index contributed by atoms with van der Waals surface area (Å²) >= 11 is 1.90. The maximum Gasteiger partial charge on any atom is 0.315 e. The van der Waals surface area contributed by atoms with E-state index in [1.807, 2.05) is 11.8 Å². The number of hydrogen-bond donors (Lipinski definition) is 3. The summed E-state index contributed by atoms with van der Waals surface area (Å²) in [7, 11) is 0. The van der Waals surface area contributed by atoms with Gasteiger partial charge in [0.15, 0.2) is 0 Å². The average molecular weight is 246 g/mol. The number of carbonyl (C=O) groups is 2. The fourth-order valence-electron chi connectivity index (χ4n) is 1.41. The molecular weight excluding hydrogens is 228 g/mol. The van der Waals surface area contributed by atoms with Crippen LogP contribution in [0.2, 0.25) is 0 Å². The quantitative estimate of drug-likeness (QED) is 0.688. The minimum absolute atomic E-state index is 0.169. The van der Waals surface area contributed by atoms with Gasteiger partial charge in [0.25, 0.3) is 0 Å². The van der Waals surface area contributed by atoms with Crippen molar-refractivity contribution in [1.82, 2.24) is 10.6 Å². The Labute approximate surface area is 99.4 Å². The Morgan fingerprint density at radius 3 is 2.62 bits per heavy atom. The molecule has 1 rings (SSSR count). The molecule has 0 aliphatic carbocycles. The van der Waals surface area contributed by atoms with Gasteiger partial charge in [-0.05, 0) is 24.3 Å². The highest BCUT2D eigenvalue weighted by molar-refractivity contribution is 7.99. The lowest BCUT2D eigenvalue weighted by molar-refractivity contribution is -0.140. The van der Waals surface area contributed by atoms with E-state index in [4.69, 9.17) is 5.11 Å². The van der Waals surface area contributed by atoms with Crippen LogP contribution in [0.15, 0.2) is 0 Å². The summed E-state index contributed by atoms with van der Waals surface area (Å²) < 4.78 is 0. The van der Waals surface area contributed by atoms with E-state index < -0.39 is 11.9 Å². The van der Waals surface area contributed by atoms with Gasteiger partial charge >= 0.3 is 12.0 Å². The molecule has 0 spiro atoms. The first kappa shape index (κ1) is 13.2. The number of amides is 2. The molecule has 5 nitrogen and oxygen atoms in total. The van der Waals surface area contributed by atoms with Gasteiger partial charge < -0.3 is 15.7 Å². The van der Waals surface area contributed by atoms with Crippen molar-refractivity contribution in [2.24, 2.45) is 5.92 Å². The number of urea groups is 1. The molecule has 3 N–H and O–H groups in total. The number of hydrogen-bond acceptors (Lipinski definition) is 3. The van der Waals surface area contributed by atoms with Crippen LogP contribution in [0.1, 0.15) is 19.8 Å². The second-order valence-electron chi connectivity index (χ2n) is 3.98. The fourth-order valence-corrected chi connectivity index (χ4v) is 2.52. The third-order valence-corrected chi connectivity index (χ3v) is 3.60. The van der Waals surface area contributed by atoms with Crippen molar-refractivity contribution in [2.75, 3.05) is 18.1 Å².